The normalized spacial score (nSPS) is 16.8. The lowest BCUT2D eigenvalue weighted by atomic mass is 9.88. The molecular formula is C17H17N3O2S3. The van der Waals surface area contributed by atoms with E-state index in [0.717, 1.165) is 39.2 Å². The van der Waals surface area contributed by atoms with Crippen LogP contribution in [0.1, 0.15) is 39.0 Å². The first kappa shape index (κ1) is 16.7. The molecule has 4 rings (SSSR count). The maximum atomic E-state index is 12.8. The Morgan fingerprint density at radius 1 is 1.48 bits per heavy atom. The number of aromatic amines is 1. The predicted octanol–water partition coefficient (Wildman–Crippen LogP) is 4.00. The van der Waals surface area contributed by atoms with Gasteiger partial charge in [-0.25, -0.2) is 0 Å². The number of H-pyrrole nitrogens is 1. The van der Waals surface area contributed by atoms with Crippen molar-refractivity contribution in [3.63, 3.8) is 0 Å². The van der Waals surface area contributed by atoms with Crippen molar-refractivity contribution < 1.29 is 4.79 Å². The smallest absolute Gasteiger partial charge is 0.282 e. The highest BCUT2D eigenvalue weighted by Gasteiger charge is 2.23. The van der Waals surface area contributed by atoms with Crippen molar-refractivity contribution in [3.8, 4) is 0 Å². The molecule has 0 bridgehead atoms. The van der Waals surface area contributed by atoms with E-state index in [2.05, 4.69) is 17.3 Å². The third kappa shape index (κ3) is 2.88. The molecule has 5 nitrogen and oxygen atoms in total. The SMILES string of the molecule is Cc1cc2c(=O)n(NC(=O)c3csc4c3CC[C@@H](C)C4)c(=S)[nH]c2s1. The first-order valence-corrected chi connectivity index (χ1v) is 10.2. The van der Waals surface area contributed by atoms with Crippen LogP contribution < -0.4 is 11.0 Å². The van der Waals surface area contributed by atoms with E-state index in [1.54, 1.807) is 11.3 Å². The molecule has 0 fully saturated rings. The Kier molecular flexibility index (Phi) is 4.13. The maximum Gasteiger partial charge on any atom is 0.282 e. The minimum absolute atomic E-state index is 0.199. The minimum atomic E-state index is -0.297. The highest BCUT2D eigenvalue weighted by Crippen LogP contribution is 2.32. The van der Waals surface area contributed by atoms with Gasteiger partial charge in [-0.15, -0.1) is 22.7 Å². The van der Waals surface area contributed by atoms with Crippen LogP contribution in [0.4, 0.5) is 0 Å². The molecule has 2 N–H and O–H groups in total. The number of thiophene rings is 2. The average Bonchev–Trinajstić information content (AvgIpc) is 3.13. The molecule has 8 heteroatoms. The quantitative estimate of drug-likeness (QED) is 0.649. The lowest BCUT2D eigenvalue weighted by Gasteiger charge is -2.19. The van der Waals surface area contributed by atoms with E-state index < -0.39 is 0 Å². The molecule has 1 aliphatic rings. The monoisotopic (exact) mass is 391 g/mol. The Balaban J connectivity index is 1.71. The third-order valence-electron chi connectivity index (χ3n) is 4.57. The van der Waals surface area contributed by atoms with E-state index in [0.29, 0.717) is 16.9 Å². The van der Waals surface area contributed by atoms with E-state index in [1.165, 1.54) is 16.2 Å². The van der Waals surface area contributed by atoms with Gasteiger partial charge in [0.05, 0.1) is 10.9 Å². The number of nitrogens with zero attached hydrogens (tertiary/aromatic N) is 1. The molecular weight excluding hydrogens is 374 g/mol. The molecule has 1 atom stereocenters. The summed E-state index contributed by atoms with van der Waals surface area (Å²) in [6.07, 6.45) is 3.02. The van der Waals surface area contributed by atoms with Gasteiger partial charge in [-0.3, -0.25) is 15.0 Å². The van der Waals surface area contributed by atoms with Gasteiger partial charge in [-0.1, -0.05) is 6.92 Å². The van der Waals surface area contributed by atoms with E-state index >= 15 is 0 Å². The molecule has 0 aromatic carbocycles. The van der Waals surface area contributed by atoms with Crippen LogP contribution in [-0.2, 0) is 12.8 Å². The number of aromatic nitrogens is 2. The van der Waals surface area contributed by atoms with Gasteiger partial charge in [0.2, 0.25) is 4.77 Å². The van der Waals surface area contributed by atoms with E-state index in [4.69, 9.17) is 12.2 Å². The Bertz CT molecular complexity index is 1100. The van der Waals surface area contributed by atoms with Gasteiger partial charge < -0.3 is 4.98 Å². The summed E-state index contributed by atoms with van der Waals surface area (Å²) in [4.78, 5) is 31.5. The number of amides is 1. The van der Waals surface area contributed by atoms with Crippen LogP contribution in [0.15, 0.2) is 16.2 Å². The summed E-state index contributed by atoms with van der Waals surface area (Å²) in [5, 5.41) is 2.43. The van der Waals surface area contributed by atoms with Crippen LogP contribution in [0.25, 0.3) is 10.2 Å². The van der Waals surface area contributed by atoms with Crippen molar-refractivity contribution in [1.82, 2.24) is 9.66 Å². The summed E-state index contributed by atoms with van der Waals surface area (Å²) < 4.78 is 1.34. The number of carbonyl (C=O) groups is 1. The van der Waals surface area contributed by atoms with E-state index in [1.807, 2.05) is 18.4 Å². The molecule has 0 spiro atoms. The molecule has 0 unspecified atom stereocenters. The summed E-state index contributed by atoms with van der Waals surface area (Å²) in [5.41, 5.74) is 4.17. The van der Waals surface area contributed by atoms with Crippen molar-refractivity contribution in [2.24, 2.45) is 5.92 Å². The molecule has 0 saturated heterocycles. The number of fused-ring (bicyclic) bond motifs is 2. The lowest BCUT2D eigenvalue weighted by molar-refractivity contribution is 0.101. The first-order chi connectivity index (χ1) is 11.9. The molecule has 1 aliphatic carbocycles. The molecule has 0 aliphatic heterocycles. The topological polar surface area (TPSA) is 66.9 Å². The summed E-state index contributed by atoms with van der Waals surface area (Å²) in [7, 11) is 0. The molecule has 1 amide bonds. The van der Waals surface area contributed by atoms with Crippen LogP contribution in [-0.4, -0.2) is 15.6 Å². The predicted molar refractivity (Wildman–Crippen MR) is 105 cm³/mol. The van der Waals surface area contributed by atoms with Gasteiger partial charge in [-0.2, -0.15) is 4.68 Å². The van der Waals surface area contributed by atoms with Crippen LogP contribution >= 0.6 is 34.9 Å². The molecule has 130 valence electrons. The summed E-state index contributed by atoms with van der Waals surface area (Å²) in [6, 6.07) is 1.81. The van der Waals surface area contributed by atoms with Crippen LogP contribution in [0.3, 0.4) is 0 Å². The van der Waals surface area contributed by atoms with Crippen LogP contribution in [0, 0.1) is 17.6 Å². The van der Waals surface area contributed by atoms with Crippen LogP contribution in [0.2, 0.25) is 0 Å². The highest BCUT2D eigenvalue weighted by molar-refractivity contribution is 7.71. The molecule has 3 heterocycles. The summed E-state index contributed by atoms with van der Waals surface area (Å²) >= 11 is 8.37. The fraction of sp³-hybridized carbons (Fsp3) is 0.353. The molecule has 3 aromatic rings. The number of aryl methyl sites for hydroxylation is 1. The first-order valence-electron chi connectivity index (χ1n) is 8.10. The Morgan fingerprint density at radius 2 is 2.28 bits per heavy atom. The number of rotatable bonds is 2. The van der Waals surface area contributed by atoms with Gasteiger partial charge >= 0.3 is 0 Å². The minimum Gasteiger partial charge on any atom is -0.322 e. The van der Waals surface area contributed by atoms with Crippen molar-refractivity contribution in [2.75, 3.05) is 5.43 Å². The lowest BCUT2D eigenvalue weighted by Crippen LogP contribution is -2.34. The number of hydrogen-bond donors (Lipinski definition) is 2. The largest absolute Gasteiger partial charge is 0.322 e. The van der Waals surface area contributed by atoms with E-state index in [9.17, 15) is 9.59 Å². The van der Waals surface area contributed by atoms with Crippen molar-refractivity contribution in [1.29, 1.82) is 0 Å². The number of nitrogens with one attached hydrogen (secondary N) is 2. The zero-order valence-corrected chi connectivity index (χ0v) is 16.3. The summed E-state index contributed by atoms with van der Waals surface area (Å²) in [6.45, 7) is 4.17. The van der Waals surface area contributed by atoms with Gasteiger partial charge in [0.15, 0.2) is 0 Å². The molecule has 25 heavy (non-hydrogen) atoms. The second-order valence-corrected chi connectivity index (χ2v) is 9.12. The highest BCUT2D eigenvalue weighted by atomic mass is 32.1. The number of hydrogen-bond acceptors (Lipinski definition) is 5. The fourth-order valence-corrected chi connectivity index (χ4v) is 5.71. The second kappa shape index (κ2) is 6.19. The zero-order chi connectivity index (χ0) is 17.7. The standard InChI is InChI=1S/C17H17N3O2S3/c1-8-3-4-10-12(7-24-13(10)5-8)14(21)19-20-16(22)11-6-9(2)25-15(11)18-17(20)23/h6-8H,3-5H2,1-2H3,(H,18,23)(H,19,21)/t8-/m1/s1. The molecule has 0 radical (unpaired) electrons. The van der Waals surface area contributed by atoms with Gasteiger partial charge in [0.1, 0.15) is 4.83 Å². The van der Waals surface area contributed by atoms with E-state index in [-0.39, 0.29) is 16.2 Å². The Labute approximate surface area is 157 Å². The number of carbonyl (C=O) groups excluding carboxylic acids is 1. The average molecular weight is 392 g/mol. The van der Waals surface area contributed by atoms with Crippen molar-refractivity contribution in [3.05, 3.63) is 47.5 Å². The van der Waals surface area contributed by atoms with Crippen LogP contribution in [0.5, 0.6) is 0 Å². The van der Waals surface area contributed by atoms with Crippen molar-refractivity contribution >= 4 is 51.0 Å². The third-order valence-corrected chi connectivity index (χ3v) is 6.87. The maximum absolute atomic E-state index is 12.8. The second-order valence-electron chi connectivity index (χ2n) is 6.51. The Morgan fingerprint density at radius 3 is 3.08 bits per heavy atom. The van der Waals surface area contributed by atoms with Gasteiger partial charge in [0, 0.05) is 15.1 Å². The summed E-state index contributed by atoms with van der Waals surface area (Å²) in [5.74, 6) is 0.378. The van der Waals surface area contributed by atoms with Crippen molar-refractivity contribution in [2.45, 2.75) is 33.1 Å². The molecule has 0 saturated carbocycles. The van der Waals surface area contributed by atoms with Gasteiger partial charge in [0.25, 0.3) is 11.5 Å². The fourth-order valence-electron chi connectivity index (χ4n) is 3.26. The van der Waals surface area contributed by atoms with Gasteiger partial charge in [-0.05, 0) is 56.0 Å². The Hall–Kier alpha value is -1.77. The molecule has 3 aromatic heterocycles. The zero-order valence-electron chi connectivity index (χ0n) is 13.8.